The Bertz CT molecular complexity index is 329. The first-order valence-corrected chi connectivity index (χ1v) is 3.44. The maximum atomic E-state index is 11.5. The van der Waals surface area contributed by atoms with Crippen molar-refractivity contribution >= 4 is 12.1 Å². The minimum absolute atomic E-state index is 0.107. The number of nitrogens with zero attached hydrogens (tertiary/aromatic N) is 1. The molecule has 0 bridgehead atoms. The molecule has 76 valence electrons. The minimum atomic E-state index is -4.55. The number of halogens is 3. The first-order valence-electron chi connectivity index (χ1n) is 3.44. The van der Waals surface area contributed by atoms with Crippen LogP contribution >= 0.6 is 0 Å². The van der Waals surface area contributed by atoms with Gasteiger partial charge in [-0.3, -0.25) is 4.79 Å². The molecular formula is C7H5F3N2O2. The summed E-state index contributed by atoms with van der Waals surface area (Å²) in [6.07, 6.45) is -3.65. The molecule has 1 rings (SSSR count). The monoisotopic (exact) mass is 206 g/mol. The first-order chi connectivity index (χ1) is 6.49. The number of hydrogen-bond donors (Lipinski definition) is 1. The van der Waals surface area contributed by atoms with E-state index in [1.54, 1.807) is 5.43 Å². The Hall–Kier alpha value is -1.79. The number of carbonyl (C=O) groups excluding carboxylic acids is 1. The second-order valence-electron chi connectivity index (χ2n) is 2.22. The summed E-state index contributed by atoms with van der Waals surface area (Å²) in [5.41, 5.74) is 1.66. The van der Waals surface area contributed by atoms with Crippen LogP contribution < -0.4 is 5.43 Å². The highest BCUT2D eigenvalue weighted by atomic mass is 19.4. The third-order valence-corrected chi connectivity index (χ3v) is 1.12. The van der Waals surface area contributed by atoms with Gasteiger partial charge in [-0.1, -0.05) is 0 Å². The lowest BCUT2D eigenvalue weighted by Gasteiger charge is -1.97. The summed E-state index contributed by atoms with van der Waals surface area (Å²) in [6.45, 7) is 0. The van der Waals surface area contributed by atoms with E-state index in [0.717, 1.165) is 0 Å². The number of hydrogen-bond acceptors (Lipinski definition) is 3. The second kappa shape index (κ2) is 3.95. The molecule has 0 atom stereocenters. The van der Waals surface area contributed by atoms with Gasteiger partial charge in [-0.15, -0.1) is 0 Å². The van der Waals surface area contributed by atoms with Crippen molar-refractivity contribution in [2.75, 3.05) is 0 Å². The Balaban J connectivity index is 2.48. The molecular weight excluding hydrogens is 201 g/mol. The van der Waals surface area contributed by atoms with Crippen LogP contribution in [0.3, 0.4) is 0 Å². The summed E-state index contributed by atoms with van der Waals surface area (Å²) in [5.74, 6) is -0.945. The number of nitrogens with one attached hydrogen (secondary N) is 1. The molecule has 0 saturated carbocycles. The Kier molecular flexibility index (Phi) is 2.90. The fraction of sp³-hybridized carbons (Fsp3) is 0.143. The van der Waals surface area contributed by atoms with Crippen molar-refractivity contribution in [1.29, 1.82) is 0 Å². The highest BCUT2D eigenvalue weighted by Gasteiger charge is 2.24. The average Bonchev–Trinajstić information content (AvgIpc) is 2.53. The second-order valence-corrected chi connectivity index (χ2v) is 2.22. The number of alkyl halides is 3. The highest BCUT2D eigenvalue weighted by molar-refractivity contribution is 5.91. The fourth-order valence-corrected chi connectivity index (χ4v) is 0.627. The van der Waals surface area contributed by atoms with Crippen LogP contribution in [0.4, 0.5) is 13.2 Å². The highest BCUT2D eigenvalue weighted by Crippen LogP contribution is 2.09. The summed E-state index contributed by atoms with van der Waals surface area (Å²) < 4.78 is 39.2. The Labute approximate surface area is 76.4 Å². The van der Waals surface area contributed by atoms with E-state index in [9.17, 15) is 18.0 Å². The topological polar surface area (TPSA) is 54.6 Å². The van der Waals surface area contributed by atoms with Crippen molar-refractivity contribution in [3.63, 3.8) is 0 Å². The molecule has 0 aliphatic carbocycles. The predicted molar refractivity (Wildman–Crippen MR) is 40.7 cm³/mol. The van der Waals surface area contributed by atoms with E-state index in [1.165, 1.54) is 18.4 Å². The molecule has 0 saturated heterocycles. The molecule has 0 aromatic carbocycles. The van der Waals surface area contributed by atoms with Gasteiger partial charge in [-0.2, -0.15) is 18.3 Å². The number of carbonyl (C=O) groups is 1. The van der Waals surface area contributed by atoms with Crippen LogP contribution in [0.2, 0.25) is 0 Å². The quantitative estimate of drug-likeness (QED) is 0.589. The van der Waals surface area contributed by atoms with Crippen LogP contribution in [0.15, 0.2) is 27.9 Å². The largest absolute Gasteiger partial charge is 0.459 e. The van der Waals surface area contributed by atoms with E-state index in [2.05, 4.69) is 9.52 Å². The Morgan fingerprint density at radius 3 is 2.79 bits per heavy atom. The standard InChI is InChI=1S/C7H5F3N2O2/c8-7(9,10)4-11-12-6(13)5-2-1-3-14-5/h1-4H,(H,12,13)/b11-4+. The zero-order chi connectivity index (χ0) is 10.6. The van der Waals surface area contributed by atoms with Crippen molar-refractivity contribution < 1.29 is 22.4 Å². The molecule has 0 aliphatic rings. The van der Waals surface area contributed by atoms with Crippen LogP contribution in [-0.2, 0) is 0 Å². The van der Waals surface area contributed by atoms with Crippen LogP contribution in [-0.4, -0.2) is 18.3 Å². The lowest BCUT2D eigenvalue weighted by Crippen LogP contribution is -2.19. The van der Waals surface area contributed by atoms with E-state index >= 15 is 0 Å². The lowest BCUT2D eigenvalue weighted by molar-refractivity contribution is -0.0538. The number of amides is 1. The lowest BCUT2D eigenvalue weighted by atomic mass is 10.4. The SMILES string of the molecule is O=C(N/N=C/C(F)(F)F)c1ccco1. The maximum Gasteiger partial charge on any atom is 0.428 e. The van der Waals surface area contributed by atoms with Gasteiger partial charge in [0.15, 0.2) is 5.76 Å². The molecule has 1 N–H and O–H groups in total. The van der Waals surface area contributed by atoms with E-state index < -0.39 is 12.1 Å². The smallest absolute Gasteiger partial charge is 0.428 e. The summed E-state index contributed by atoms with van der Waals surface area (Å²) in [6, 6.07) is 2.74. The van der Waals surface area contributed by atoms with Gasteiger partial charge >= 0.3 is 12.1 Å². The Morgan fingerprint density at radius 2 is 2.29 bits per heavy atom. The van der Waals surface area contributed by atoms with Crippen LogP contribution in [0.5, 0.6) is 0 Å². The first kappa shape index (κ1) is 10.3. The summed E-state index contributed by atoms with van der Waals surface area (Å²) in [7, 11) is 0. The van der Waals surface area contributed by atoms with Gasteiger partial charge in [-0.25, -0.2) is 5.43 Å². The Morgan fingerprint density at radius 1 is 1.57 bits per heavy atom. The number of rotatable bonds is 2. The minimum Gasteiger partial charge on any atom is -0.459 e. The van der Waals surface area contributed by atoms with Crippen molar-refractivity contribution in [2.45, 2.75) is 6.18 Å². The molecule has 0 spiro atoms. The molecule has 0 aliphatic heterocycles. The van der Waals surface area contributed by atoms with Crippen LogP contribution in [0.1, 0.15) is 10.6 Å². The third kappa shape index (κ3) is 3.30. The molecule has 0 radical (unpaired) electrons. The maximum absolute atomic E-state index is 11.5. The van der Waals surface area contributed by atoms with Gasteiger partial charge in [0.2, 0.25) is 0 Å². The number of furan rings is 1. The van der Waals surface area contributed by atoms with Gasteiger partial charge < -0.3 is 4.42 Å². The number of hydrazone groups is 1. The van der Waals surface area contributed by atoms with Gasteiger partial charge in [-0.05, 0) is 12.1 Å². The van der Waals surface area contributed by atoms with Gasteiger partial charge in [0.1, 0.15) is 6.21 Å². The van der Waals surface area contributed by atoms with Crippen molar-refractivity contribution in [2.24, 2.45) is 5.10 Å². The van der Waals surface area contributed by atoms with Gasteiger partial charge in [0, 0.05) is 0 Å². The van der Waals surface area contributed by atoms with Crippen LogP contribution in [0.25, 0.3) is 0 Å². The van der Waals surface area contributed by atoms with E-state index in [4.69, 9.17) is 0 Å². The van der Waals surface area contributed by atoms with Crippen molar-refractivity contribution in [3.8, 4) is 0 Å². The molecule has 0 unspecified atom stereocenters. The third-order valence-electron chi connectivity index (χ3n) is 1.12. The molecule has 7 heteroatoms. The molecule has 4 nitrogen and oxygen atoms in total. The molecule has 1 amide bonds. The summed E-state index contributed by atoms with van der Waals surface area (Å²) >= 11 is 0. The molecule has 1 heterocycles. The molecule has 1 aromatic heterocycles. The van der Waals surface area contributed by atoms with E-state index in [0.29, 0.717) is 0 Å². The molecule has 0 fully saturated rings. The van der Waals surface area contributed by atoms with Gasteiger partial charge in [0.05, 0.1) is 6.26 Å². The zero-order valence-electron chi connectivity index (χ0n) is 6.71. The van der Waals surface area contributed by atoms with E-state index in [-0.39, 0.29) is 12.0 Å². The molecule has 1 aromatic rings. The summed E-state index contributed by atoms with van der Waals surface area (Å²) in [4.78, 5) is 10.9. The van der Waals surface area contributed by atoms with Crippen molar-refractivity contribution in [3.05, 3.63) is 24.2 Å². The predicted octanol–water partition coefficient (Wildman–Crippen LogP) is 1.56. The summed E-state index contributed by atoms with van der Waals surface area (Å²) in [5, 5.41) is 2.69. The fourth-order valence-electron chi connectivity index (χ4n) is 0.627. The van der Waals surface area contributed by atoms with Crippen LogP contribution in [0, 0.1) is 0 Å². The van der Waals surface area contributed by atoms with Gasteiger partial charge in [0.25, 0.3) is 0 Å². The zero-order valence-corrected chi connectivity index (χ0v) is 6.71. The normalized spacial score (nSPS) is 11.9. The average molecular weight is 206 g/mol. The van der Waals surface area contributed by atoms with E-state index in [1.807, 2.05) is 0 Å². The molecule has 14 heavy (non-hydrogen) atoms. The van der Waals surface area contributed by atoms with Crippen molar-refractivity contribution in [1.82, 2.24) is 5.43 Å².